The van der Waals surface area contributed by atoms with Crippen LogP contribution in [0.5, 0.6) is 11.5 Å². The first-order valence-electron chi connectivity index (χ1n) is 8.82. The molecule has 0 aromatic heterocycles. The van der Waals surface area contributed by atoms with Gasteiger partial charge in [-0.25, -0.2) is 4.39 Å². The van der Waals surface area contributed by atoms with Crippen LogP contribution >= 0.6 is 0 Å². The Labute approximate surface area is 159 Å². The van der Waals surface area contributed by atoms with E-state index in [0.29, 0.717) is 11.3 Å². The number of hydrogen-bond acceptors (Lipinski definition) is 3. The van der Waals surface area contributed by atoms with Crippen LogP contribution in [0.2, 0.25) is 0 Å². The highest BCUT2D eigenvalue weighted by Gasteiger charge is 2.15. The van der Waals surface area contributed by atoms with Crippen molar-refractivity contribution in [3.05, 3.63) is 71.0 Å². The molecule has 3 aromatic carbocycles. The van der Waals surface area contributed by atoms with Gasteiger partial charge in [0.2, 0.25) is 0 Å². The summed E-state index contributed by atoms with van der Waals surface area (Å²) in [6, 6.07) is 15.4. The van der Waals surface area contributed by atoms with Gasteiger partial charge in [-0.1, -0.05) is 30.3 Å². The molecule has 0 spiro atoms. The summed E-state index contributed by atoms with van der Waals surface area (Å²) in [6.45, 7) is 4.18. The van der Waals surface area contributed by atoms with Gasteiger partial charge in [-0.05, 0) is 65.4 Å². The van der Waals surface area contributed by atoms with Crippen LogP contribution in [-0.2, 0) is 6.54 Å². The van der Waals surface area contributed by atoms with Gasteiger partial charge in [-0.3, -0.25) is 0 Å². The average molecular weight is 365 g/mol. The molecule has 0 fully saturated rings. The zero-order chi connectivity index (χ0) is 19.6. The van der Waals surface area contributed by atoms with E-state index in [9.17, 15) is 4.39 Å². The van der Waals surface area contributed by atoms with Gasteiger partial charge in [-0.2, -0.15) is 0 Å². The number of nitrogens with two attached hydrogens (primary N) is 1. The standard InChI is InChI=1S/C23H24FNO2/c1-14-17(16-11-21(24)20(13-25)23(12-16)27-4)7-5-8-18(14)19-9-6-10-22(26-3)15(19)2/h5-12H,13,25H2,1-4H3. The molecule has 3 nitrogen and oxygen atoms in total. The highest BCUT2D eigenvalue weighted by molar-refractivity contribution is 5.81. The lowest BCUT2D eigenvalue weighted by molar-refractivity contribution is 0.405. The maximum Gasteiger partial charge on any atom is 0.132 e. The van der Waals surface area contributed by atoms with Crippen molar-refractivity contribution in [2.24, 2.45) is 5.73 Å². The van der Waals surface area contributed by atoms with Crippen molar-refractivity contribution in [2.75, 3.05) is 14.2 Å². The van der Waals surface area contributed by atoms with Gasteiger partial charge in [0.05, 0.1) is 14.2 Å². The molecule has 0 aliphatic carbocycles. The Morgan fingerprint density at radius 1 is 0.815 bits per heavy atom. The Morgan fingerprint density at radius 2 is 1.41 bits per heavy atom. The molecule has 140 valence electrons. The molecule has 0 bridgehead atoms. The summed E-state index contributed by atoms with van der Waals surface area (Å²) in [5.41, 5.74) is 12.1. The molecule has 0 aliphatic heterocycles. The van der Waals surface area contributed by atoms with Crippen molar-refractivity contribution in [3.63, 3.8) is 0 Å². The first kappa shape index (κ1) is 18.9. The van der Waals surface area contributed by atoms with Crippen molar-refractivity contribution < 1.29 is 13.9 Å². The predicted molar refractivity (Wildman–Crippen MR) is 108 cm³/mol. The fourth-order valence-corrected chi connectivity index (χ4v) is 3.51. The first-order valence-corrected chi connectivity index (χ1v) is 8.82. The van der Waals surface area contributed by atoms with E-state index >= 15 is 0 Å². The first-order chi connectivity index (χ1) is 13.0. The zero-order valence-electron chi connectivity index (χ0n) is 16.1. The Hall–Kier alpha value is -2.85. The van der Waals surface area contributed by atoms with Crippen molar-refractivity contribution >= 4 is 0 Å². The number of methoxy groups -OCH3 is 2. The lowest BCUT2D eigenvalue weighted by Gasteiger charge is -2.17. The molecule has 27 heavy (non-hydrogen) atoms. The minimum absolute atomic E-state index is 0.0946. The van der Waals surface area contributed by atoms with Gasteiger partial charge < -0.3 is 15.2 Å². The van der Waals surface area contributed by atoms with Crippen LogP contribution in [0.15, 0.2) is 48.5 Å². The highest BCUT2D eigenvalue weighted by Crippen LogP contribution is 2.37. The van der Waals surface area contributed by atoms with E-state index in [1.165, 1.54) is 13.2 Å². The zero-order valence-corrected chi connectivity index (χ0v) is 16.1. The highest BCUT2D eigenvalue weighted by atomic mass is 19.1. The van der Waals surface area contributed by atoms with Crippen LogP contribution in [0, 0.1) is 19.7 Å². The van der Waals surface area contributed by atoms with Crippen molar-refractivity contribution in [1.29, 1.82) is 0 Å². The SMILES string of the molecule is COc1cccc(-c2cccc(-c3cc(F)c(CN)c(OC)c3)c2C)c1C. The van der Waals surface area contributed by atoms with Gasteiger partial charge in [0, 0.05) is 12.1 Å². The van der Waals surface area contributed by atoms with Gasteiger partial charge in [0.1, 0.15) is 17.3 Å². The fourth-order valence-electron chi connectivity index (χ4n) is 3.51. The van der Waals surface area contributed by atoms with Crippen molar-refractivity contribution in [3.8, 4) is 33.8 Å². The van der Waals surface area contributed by atoms with Gasteiger partial charge >= 0.3 is 0 Å². The summed E-state index contributed by atoms with van der Waals surface area (Å²) < 4.78 is 25.3. The Kier molecular flexibility index (Phi) is 5.47. The van der Waals surface area contributed by atoms with E-state index in [4.69, 9.17) is 15.2 Å². The molecule has 0 saturated heterocycles. The average Bonchev–Trinajstić information content (AvgIpc) is 2.68. The number of halogens is 1. The predicted octanol–water partition coefficient (Wildman–Crippen LogP) is 5.25. The van der Waals surface area contributed by atoms with Crippen LogP contribution in [0.4, 0.5) is 4.39 Å². The van der Waals surface area contributed by atoms with Gasteiger partial charge in [0.15, 0.2) is 0 Å². The maximum absolute atomic E-state index is 14.5. The lowest BCUT2D eigenvalue weighted by atomic mass is 9.90. The Balaban J connectivity index is 2.19. The molecule has 0 radical (unpaired) electrons. The van der Waals surface area contributed by atoms with Crippen LogP contribution in [-0.4, -0.2) is 14.2 Å². The van der Waals surface area contributed by atoms with E-state index in [-0.39, 0.29) is 12.4 Å². The molecule has 4 heteroatoms. The third-order valence-corrected chi connectivity index (χ3v) is 5.02. The molecule has 0 unspecified atom stereocenters. The topological polar surface area (TPSA) is 44.5 Å². The summed E-state index contributed by atoms with van der Waals surface area (Å²) in [7, 11) is 3.20. The summed E-state index contributed by atoms with van der Waals surface area (Å²) in [5, 5.41) is 0. The minimum Gasteiger partial charge on any atom is -0.496 e. The molecule has 0 saturated carbocycles. The minimum atomic E-state index is -0.353. The van der Waals surface area contributed by atoms with E-state index in [1.54, 1.807) is 7.11 Å². The van der Waals surface area contributed by atoms with Crippen LogP contribution in [0.1, 0.15) is 16.7 Å². The van der Waals surface area contributed by atoms with E-state index in [2.05, 4.69) is 12.1 Å². The molecule has 0 amide bonds. The second-order valence-corrected chi connectivity index (χ2v) is 6.45. The largest absolute Gasteiger partial charge is 0.496 e. The smallest absolute Gasteiger partial charge is 0.132 e. The summed E-state index contributed by atoms with van der Waals surface area (Å²) >= 11 is 0. The molecular weight excluding hydrogens is 341 g/mol. The maximum atomic E-state index is 14.5. The second kappa shape index (κ2) is 7.80. The van der Waals surface area contributed by atoms with Crippen LogP contribution in [0.3, 0.4) is 0 Å². The Morgan fingerprint density at radius 3 is 2.04 bits per heavy atom. The second-order valence-electron chi connectivity index (χ2n) is 6.45. The van der Waals surface area contributed by atoms with Crippen LogP contribution < -0.4 is 15.2 Å². The van der Waals surface area contributed by atoms with E-state index in [1.807, 2.05) is 44.2 Å². The van der Waals surface area contributed by atoms with Gasteiger partial charge in [0.25, 0.3) is 0 Å². The normalized spacial score (nSPS) is 10.7. The molecule has 3 aromatic rings. The van der Waals surface area contributed by atoms with Crippen LogP contribution in [0.25, 0.3) is 22.3 Å². The number of ether oxygens (including phenoxy) is 2. The number of rotatable bonds is 5. The van der Waals surface area contributed by atoms with Crippen molar-refractivity contribution in [1.82, 2.24) is 0 Å². The van der Waals surface area contributed by atoms with Crippen molar-refractivity contribution in [2.45, 2.75) is 20.4 Å². The van der Waals surface area contributed by atoms with E-state index < -0.39 is 0 Å². The number of benzene rings is 3. The lowest BCUT2D eigenvalue weighted by Crippen LogP contribution is -2.04. The summed E-state index contributed by atoms with van der Waals surface area (Å²) in [6.07, 6.45) is 0. The molecule has 2 N–H and O–H groups in total. The molecular formula is C23H24FNO2. The molecule has 0 atom stereocenters. The third kappa shape index (κ3) is 3.40. The monoisotopic (exact) mass is 365 g/mol. The summed E-state index contributed by atoms with van der Waals surface area (Å²) in [4.78, 5) is 0. The fraction of sp³-hybridized carbons (Fsp3) is 0.217. The quantitative estimate of drug-likeness (QED) is 0.671. The molecule has 0 aliphatic rings. The molecule has 3 rings (SSSR count). The molecule has 0 heterocycles. The third-order valence-electron chi connectivity index (χ3n) is 5.02. The van der Waals surface area contributed by atoms with E-state index in [0.717, 1.165) is 39.1 Å². The Bertz CT molecular complexity index is 982. The van der Waals surface area contributed by atoms with Gasteiger partial charge in [-0.15, -0.1) is 0 Å². The summed E-state index contributed by atoms with van der Waals surface area (Å²) in [5.74, 6) is 0.960. The number of hydrogen-bond donors (Lipinski definition) is 1.